The van der Waals surface area contributed by atoms with Crippen LogP contribution in [0.4, 0.5) is 0 Å². The molecule has 0 fully saturated rings. The lowest BCUT2D eigenvalue weighted by Crippen LogP contribution is -2.29. The van der Waals surface area contributed by atoms with E-state index in [4.69, 9.17) is 4.74 Å². The van der Waals surface area contributed by atoms with E-state index >= 15 is 0 Å². The van der Waals surface area contributed by atoms with Gasteiger partial charge in [0.05, 0.1) is 0 Å². The molecule has 3 heteroatoms. The van der Waals surface area contributed by atoms with Gasteiger partial charge in [0.1, 0.15) is 12.4 Å². The largest absolute Gasteiger partial charge is 0.492 e. The van der Waals surface area contributed by atoms with Crippen LogP contribution in [0.15, 0.2) is 41.4 Å². The monoisotopic (exact) mass is 283 g/mol. The van der Waals surface area contributed by atoms with Crippen molar-refractivity contribution in [2.24, 2.45) is 0 Å². The molecule has 0 saturated heterocycles. The number of nitrogens with one attached hydrogen (secondary N) is 1. The summed E-state index contributed by atoms with van der Waals surface area (Å²) in [5.41, 5.74) is 0. The average Bonchev–Trinajstić information content (AvgIpc) is 2.25. The van der Waals surface area contributed by atoms with Crippen molar-refractivity contribution in [2.75, 3.05) is 13.2 Å². The fourth-order valence-corrected chi connectivity index (χ4v) is 1.74. The highest BCUT2D eigenvalue weighted by Gasteiger charge is 1.98. The van der Waals surface area contributed by atoms with Crippen LogP contribution in [-0.2, 0) is 0 Å². The van der Waals surface area contributed by atoms with E-state index in [0.29, 0.717) is 12.6 Å². The minimum atomic E-state index is 0.462. The summed E-state index contributed by atoms with van der Waals surface area (Å²) in [6.45, 7) is 7.38. The van der Waals surface area contributed by atoms with Crippen molar-refractivity contribution < 1.29 is 4.74 Å². The highest BCUT2D eigenvalue weighted by Crippen LogP contribution is 2.17. The summed E-state index contributed by atoms with van der Waals surface area (Å²) >= 11 is 3.41. The molecule has 88 valence electrons. The van der Waals surface area contributed by atoms with Crippen molar-refractivity contribution in [1.29, 1.82) is 0 Å². The van der Waals surface area contributed by atoms with Gasteiger partial charge in [-0.25, -0.2) is 0 Å². The quantitative estimate of drug-likeness (QED) is 0.612. The molecule has 0 radical (unpaired) electrons. The van der Waals surface area contributed by atoms with E-state index in [0.717, 1.165) is 23.2 Å². The predicted octanol–water partition coefficient (Wildman–Crippen LogP) is 3.38. The second-order valence-corrected chi connectivity index (χ2v) is 4.60. The zero-order valence-electron chi connectivity index (χ0n) is 9.58. The molecule has 0 aliphatic heterocycles. The van der Waals surface area contributed by atoms with E-state index in [-0.39, 0.29) is 0 Å². The minimum Gasteiger partial charge on any atom is -0.492 e. The fraction of sp³-hybridized carbons (Fsp3) is 0.385. The molecule has 0 amide bonds. The lowest BCUT2D eigenvalue weighted by Gasteiger charge is -2.12. The van der Waals surface area contributed by atoms with Crippen LogP contribution >= 0.6 is 15.9 Å². The molecule has 0 bridgehead atoms. The Morgan fingerprint density at radius 1 is 1.56 bits per heavy atom. The number of halogens is 1. The lowest BCUT2D eigenvalue weighted by molar-refractivity contribution is 0.307. The Balaban J connectivity index is 2.18. The van der Waals surface area contributed by atoms with Crippen molar-refractivity contribution in [3.05, 3.63) is 41.4 Å². The molecule has 1 aromatic rings. The Bertz CT molecular complexity index is 327. The number of ether oxygens (including phenoxy) is 1. The van der Waals surface area contributed by atoms with Gasteiger partial charge in [-0.3, -0.25) is 0 Å². The van der Waals surface area contributed by atoms with E-state index in [2.05, 4.69) is 34.7 Å². The molecule has 0 aliphatic carbocycles. The third-order valence-corrected chi connectivity index (χ3v) is 2.67. The summed E-state index contributed by atoms with van der Waals surface area (Å²) in [5, 5.41) is 3.36. The molecular weight excluding hydrogens is 266 g/mol. The molecule has 2 nitrogen and oxygen atoms in total. The Morgan fingerprint density at radius 2 is 2.38 bits per heavy atom. The molecule has 1 rings (SSSR count). The highest BCUT2D eigenvalue weighted by atomic mass is 79.9. The summed E-state index contributed by atoms with van der Waals surface area (Å²) in [5.74, 6) is 0.896. The molecule has 16 heavy (non-hydrogen) atoms. The normalized spacial score (nSPS) is 12.1. The van der Waals surface area contributed by atoms with Gasteiger partial charge < -0.3 is 10.1 Å². The van der Waals surface area contributed by atoms with Gasteiger partial charge in [0.25, 0.3) is 0 Å². The highest BCUT2D eigenvalue weighted by molar-refractivity contribution is 9.10. The van der Waals surface area contributed by atoms with Crippen LogP contribution in [0, 0.1) is 0 Å². The van der Waals surface area contributed by atoms with Gasteiger partial charge in [0.15, 0.2) is 0 Å². The number of hydrogen-bond donors (Lipinski definition) is 1. The standard InChI is InChI=1S/C13H18BrNO/c1-3-5-11(2)15-8-9-16-13-7-4-6-12(14)10-13/h3-4,6-7,10-11,15H,1,5,8-9H2,2H3. The van der Waals surface area contributed by atoms with Gasteiger partial charge in [-0.2, -0.15) is 0 Å². The molecule has 0 saturated carbocycles. The van der Waals surface area contributed by atoms with E-state index in [9.17, 15) is 0 Å². The topological polar surface area (TPSA) is 21.3 Å². The first kappa shape index (κ1) is 13.3. The van der Waals surface area contributed by atoms with Gasteiger partial charge in [-0.1, -0.05) is 28.1 Å². The first-order valence-corrected chi connectivity index (χ1v) is 6.24. The third-order valence-electron chi connectivity index (χ3n) is 2.18. The molecule has 0 aromatic heterocycles. The van der Waals surface area contributed by atoms with Crippen LogP contribution in [-0.4, -0.2) is 19.2 Å². The van der Waals surface area contributed by atoms with Gasteiger partial charge in [0, 0.05) is 17.1 Å². The summed E-state index contributed by atoms with van der Waals surface area (Å²) in [6, 6.07) is 8.33. The Kier molecular flexibility index (Phi) is 6.19. The lowest BCUT2D eigenvalue weighted by atomic mass is 10.2. The molecule has 0 aliphatic rings. The second kappa shape index (κ2) is 7.47. The van der Waals surface area contributed by atoms with Gasteiger partial charge >= 0.3 is 0 Å². The minimum absolute atomic E-state index is 0.462. The number of hydrogen-bond acceptors (Lipinski definition) is 2. The van der Waals surface area contributed by atoms with Gasteiger partial charge in [0.2, 0.25) is 0 Å². The molecule has 1 N–H and O–H groups in total. The Morgan fingerprint density at radius 3 is 3.06 bits per heavy atom. The van der Waals surface area contributed by atoms with Crippen molar-refractivity contribution in [2.45, 2.75) is 19.4 Å². The second-order valence-electron chi connectivity index (χ2n) is 3.69. The maximum Gasteiger partial charge on any atom is 0.120 e. The van der Waals surface area contributed by atoms with Gasteiger partial charge in [-0.05, 0) is 31.5 Å². The molecule has 1 atom stereocenters. The van der Waals surface area contributed by atoms with Crippen molar-refractivity contribution in [3.8, 4) is 5.75 Å². The maximum absolute atomic E-state index is 5.60. The molecule has 1 unspecified atom stereocenters. The summed E-state index contributed by atoms with van der Waals surface area (Å²) in [6.07, 6.45) is 2.91. The predicted molar refractivity (Wildman–Crippen MR) is 71.9 cm³/mol. The fourth-order valence-electron chi connectivity index (χ4n) is 1.36. The van der Waals surface area contributed by atoms with E-state index in [1.807, 2.05) is 30.3 Å². The Labute approximate surface area is 106 Å². The van der Waals surface area contributed by atoms with Crippen molar-refractivity contribution >= 4 is 15.9 Å². The van der Waals surface area contributed by atoms with E-state index in [1.165, 1.54) is 0 Å². The zero-order valence-corrected chi connectivity index (χ0v) is 11.2. The molecular formula is C13H18BrNO. The van der Waals surface area contributed by atoms with Crippen molar-refractivity contribution in [3.63, 3.8) is 0 Å². The van der Waals surface area contributed by atoms with Crippen LogP contribution in [0.5, 0.6) is 5.75 Å². The molecule has 1 aromatic carbocycles. The van der Waals surface area contributed by atoms with Crippen molar-refractivity contribution in [1.82, 2.24) is 5.32 Å². The van der Waals surface area contributed by atoms with E-state index in [1.54, 1.807) is 0 Å². The molecule has 0 heterocycles. The van der Waals surface area contributed by atoms with Gasteiger partial charge in [-0.15, -0.1) is 6.58 Å². The van der Waals surface area contributed by atoms with Crippen LogP contribution in [0.25, 0.3) is 0 Å². The SMILES string of the molecule is C=CCC(C)NCCOc1cccc(Br)c1. The summed E-state index contributed by atoms with van der Waals surface area (Å²) < 4.78 is 6.64. The smallest absolute Gasteiger partial charge is 0.120 e. The first-order chi connectivity index (χ1) is 7.72. The molecule has 0 spiro atoms. The van der Waals surface area contributed by atoms with Crippen LogP contribution < -0.4 is 10.1 Å². The van der Waals surface area contributed by atoms with Crippen LogP contribution in [0.1, 0.15) is 13.3 Å². The maximum atomic E-state index is 5.60. The first-order valence-electron chi connectivity index (χ1n) is 5.45. The number of benzene rings is 1. The summed E-state index contributed by atoms with van der Waals surface area (Å²) in [7, 11) is 0. The third kappa shape index (κ3) is 5.33. The zero-order chi connectivity index (χ0) is 11.8. The Hall–Kier alpha value is -0.800. The average molecular weight is 284 g/mol. The summed E-state index contributed by atoms with van der Waals surface area (Å²) in [4.78, 5) is 0. The van der Waals surface area contributed by atoms with E-state index < -0.39 is 0 Å². The van der Waals surface area contributed by atoms with Crippen LogP contribution in [0.2, 0.25) is 0 Å². The van der Waals surface area contributed by atoms with Crippen LogP contribution in [0.3, 0.4) is 0 Å². The number of rotatable bonds is 7.